The van der Waals surface area contributed by atoms with Crippen LogP contribution in [0.15, 0.2) is 29.2 Å². The molecule has 0 aliphatic carbocycles. The minimum absolute atomic E-state index is 0.184. The summed E-state index contributed by atoms with van der Waals surface area (Å²) in [4.78, 5) is 0.286. The van der Waals surface area contributed by atoms with E-state index in [0.29, 0.717) is 11.9 Å². The first-order valence-corrected chi connectivity index (χ1v) is 8.80. The molecule has 0 aliphatic heterocycles. The number of hydrogen-bond donors (Lipinski definition) is 1. The molecule has 0 radical (unpaired) electrons. The highest BCUT2D eigenvalue weighted by Crippen LogP contribution is 2.13. The van der Waals surface area contributed by atoms with Crippen LogP contribution >= 0.6 is 15.9 Å². The van der Waals surface area contributed by atoms with E-state index in [0.717, 1.165) is 18.4 Å². The van der Waals surface area contributed by atoms with E-state index in [-0.39, 0.29) is 10.9 Å². The monoisotopic (exact) mass is 349 g/mol. The summed E-state index contributed by atoms with van der Waals surface area (Å²) in [5.74, 6) is 0. The van der Waals surface area contributed by atoms with E-state index in [9.17, 15) is 8.42 Å². The molecule has 108 valence electrons. The molecular formula is C13H20BrNO3S. The van der Waals surface area contributed by atoms with Crippen molar-refractivity contribution < 1.29 is 13.2 Å². The van der Waals surface area contributed by atoms with E-state index in [2.05, 4.69) is 20.7 Å². The standard InChI is InChI=1S/C13H20BrNO3S/c1-3-4-12(10-18-2)15-19(16,17)13-7-5-11(9-14)6-8-13/h5-8,12,15H,3-4,9-10H2,1-2H3. The Morgan fingerprint density at radius 3 is 2.42 bits per heavy atom. The summed E-state index contributed by atoms with van der Waals surface area (Å²) in [5, 5.41) is 0.711. The van der Waals surface area contributed by atoms with Crippen LogP contribution in [0.3, 0.4) is 0 Å². The fourth-order valence-corrected chi connectivity index (χ4v) is 3.40. The second-order valence-electron chi connectivity index (χ2n) is 4.34. The van der Waals surface area contributed by atoms with Crippen LogP contribution in [0.2, 0.25) is 0 Å². The van der Waals surface area contributed by atoms with Gasteiger partial charge < -0.3 is 4.74 Å². The molecule has 1 unspecified atom stereocenters. The van der Waals surface area contributed by atoms with Gasteiger partial charge in [-0.1, -0.05) is 41.4 Å². The van der Waals surface area contributed by atoms with Gasteiger partial charge in [-0.15, -0.1) is 0 Å². The van der Waals surface area contributed by atoms with Gasteiger partial charge in [-0.3, -0.25) is 0 Å². The average Bonchev–Trinajstić information content (AvgIpc) is 2.39. The number of rotatable bonds is 8. The van der Waals surface area contributed by atoms with Crippen LogP contribution in [0.5, 0.6) is 0 Å². The Morgan fingerprint density at radius 2 is 1.95 bits per heavy atom. The van der Waals surface area contributed by atoms with Gasteiger partial charge in [-0.2, -0.15) is 0 Å². The quantitative estimate of drug-likeness (QED) is 0.734. The smallest absolute Gasteiger partial charge is 0.240 e. The van der Waals surface area contributed by atoms with Crippen LogP contribution in [0.25, 0.3) is 0 Å². The van der Waals surface area contributed by atoms with Crippen molar-refractivity contribution in [1.29, 1.82) is 0 Å². The summed E-state index contributed by atoms with van der Waals surface area (Å²) < 4.78 is 32.2. The van der Waals surface area contributed by atoms with Gasteiger partial charge in [0, 0.05) is 18.5 Å². The zero-order valence-electron chi connectivity index (χ0n) is 11.2. The van der Waals surface area contributed by atoms with Gasteiger partial charge in [0.15, 0.2) is 0 Å². The Labute approximate surface area is 123 Å². The SMILES string of the molecule is CCCC(COC)NS(=O)(=O)c1ccc(CBr)cc1. The molecule has 0 amide bonds. The fraction of sp³-hybridized carbons (Fsp3) is 0.538. The highest BCUT2D eigenvalue weighted by Gasteiger charge is 2.19. The molecule has 1 atom stereocenters. The van der Waals surface area contributed by atoms with Crippen molar-refractivity contribution in [1.82, 2.24) is 4.72 Å². The van der Waals surface area contributed by atoms with Crippen molar-refractivity contribution in [2.75, 3.05) is 13.7 Å². The molecule has 19 heavy (non-hydrogen) atoms. The number of hydrogen-bond acceptors (Lipinski definition) is 3. The molecule has 6 heteroatoms. The summed E-state index contributed by atoms with van der Waals surface area (Å²) in [6, 6.07) is 6.66. The highest BCUT2D eigenvalue weighted by atomic mass is 79.9. The highest BCUT2D eigenvalue weighted by molar-refractivity contribution is 9.08. The van der Waals surface area contributed by atoms with Gasteiger partial charge in [-0.05, 0) is 24.1 Å². The van der Waals surface area contributed by atoms with Crippen LogP contribution in [-0.2, 0) is 20.1 Å². The molecule has 4 nitrogen and oxygen atoms in total. The van der Waals surface area contributed by atoms with Crippen molar-refractivity contribution in [3.8, 4) is 0 Å². The first-order valence-electron chi connectivity index (χ1n) is 6.19. The van der Waals surface area contributed by atoms with Crippen molar-refractivity contribution >= 4 is 26.0 Å². The molecule has 0 fully saturated rings. The molecule has 1 rings (SSSR count). The van der Waals surface area contributed by atoms with Gasteiger partial charge in [0.1, 0.15) is 0 Å². The van der Waals surface area contributed by atoms with Gasteiger partial charge >= 0.3 is 0 Å². The lowest BCUT2D eigenvalue weighted by Crippen LogP contribution is -2.37. The van der Waals surface area contributed by atoms with E-state index in [1.165, 1.54) is 0 Å². The summed E-state index contributed by atoms with van der Waals surface area (Å²) in [6.45, 7) is 2.40. The van der Waals surface area contributed by atoms with E-state index in [1.807, 2.05) is 6.92 Å². The Balaban J connectivity index is 2.83. The third-order valence-electron chi connectivity index (χ3n) is 2.71. The van der Waals surface area contributed by atoms with Crippen LogP contribution < -0.4 is 4.72 Å². The number of methoxy groups -OCH3 is 1. The predicted octanol–water partition coefficient (Wildman–Crippen LogP) is 2.67. The number of nitrogens with one attached hydrogen (secondary N) is 1. The van der Waals surface area contributed by atoms with Gasteiger partial charge in [0.25, 0.3) is 0 Å². The normalized spacial score (nSPS) is 13.4. The minimum atomic E-state index is -3.47. The maximum absolute atomic E-state index is 12.2. The van der Waals surface area contributed by atoms with Crippen LogP contribution in [0, 0.1) is 0 Å². The maximum atomic E-state index is 12.2. The maximum Gasteiger partial charge on any atom is 0.240 e. The molecule has 0 saturated heterocycles. The number of halogens is 1. The van der Waals surface area contributed by atoms with Crippen LogP contribution in [-0.4, -0.2) is 28.2 Å². The molecule has 0 heterocycles. The number of alkyl halides is 1. The first-order chi connectivity index (χ1) is 9.03. The number of benzene rings is 1. The Hall–Kier alpha value is -0.430. The second-order valence-corrected chi connectivity index (χ2v) is 6.61. The average molecular weight is 350 g/mol. The predicted molar refractivity (Wildman–Crippen MR) is 80.0 cm³/mol. The molecular weight excluding hydrogens is 330 g/mol. The second kappa shape index (κ2) is 7.99. The lowest BCUT2D eigenvalue weighted by atomic mass is 10.2. The molecule has 1 aromatic rings. The summed E-state index contributed by atoms with van der Waals surface area (Å²) in [5.41, 5.74) is 1.04. The van der Waals surface area contributed by atoms with Gasteiger partial charge in [-0.25, -0.2) is 13.1 Å². The van der Waals surface area contributed by atoms with E-state index >= 15 is 0 Å². The first kappa shape index (κ1) is 16.6. The summed E-state index contributed by atoms with van der Waals surface area (Å²) >= 11 is 3.33. The Bertz CT molecular complexity index is 467. The molecule has 0 saturated carbocycles. The molecule has 1 N–H and O–H groups in total. The van der Waals surface area contributed by atoms with Crippen molar-refractivity contribution in [2.45, 2.75) is 36.0 Å². The molecule has 0 spiro atoms. The zero-order chi connectivity index (χ0) is 14.3. The zero-order valence-corrected chi connectivity index (χ0v) is 13.6. The van der Waals surface area contributed by atoms with Crippen molar-refractivity contribution in [3.63, 3.8) is 0 Å². The lowest BCUT2D eigenvalue weighted by Gasteiger charge is -2.17. The summed E-state index contributed by atoms with van der Waals surface area (Å²) in [6.07, 6.45) is 1.66. The van der Waals surface area contributed by atoms with Crippen LogP contribution in [0.4, 0.5) is 0 Å². The molecule has 0 aromatic heterocycles. The largest absolute Gasteiger partial charge is 0.383 e. The van der Waals surface area contributed by atoms with Gasteiger partial charge in [0.05, 0.1) is 11.5 Å². The van der Waals surface area contributed by atoms with Crippen molar-refractivity contribution in [3.05, 3.63) is 29.8 Å². The van der Waals surface area contributed by atoms with Crippen molar-refractivity contribution in [2.24, 2.45) is 0 Å². The van der Waals surface area contributed by atoms with E-state index < -0.39 is 10.0 Å². The molecule has 0 aliphatic rings. The Kier molecular flexibility index (Phi) is 6.99. The molecule has 0 bridgehead atoms. The van der Waals surface area contributed by atoms with Crippen LogP contribution in [0.1, 0.15) is 25.3 Å². The fourth-order valence-electron chi connectivity index (χ4n) is 1.77. The van der Waals surface area contributed by atoms with Gasteiger partial charge in [0.2, 0.25) is 10.0 Å². The lowest BCUT2D eigenvalue weighted by molar-refractivity contribution is 0.171. The molecule has 1 aromatic carbocycles. The number of ether oxygens (including phenoxy) is 1. The topological polar surface area (TPSA) is 55.4 Å². The number of sulfonamides is 1. The third-order valence-corrected chi connectivity index (χ3v) is 4.90. The third kappa shape index (κ3) is 5.22. The van der Waals surface area contributed by atoms with E-state index in [1.54, 1.807) is 31.4 Å². The summed E-state index contributed by atoms with van der Waals surface area (Å²) in [7, 11) is -1.90. The van der Waals surface area contributed by atoms with E-state index in [4.69, 9.17) is 4.74 Å². The minimum Gasteiger partial charge on any atom is -0.383 e. The Morgan fingerprint density at radius 1 is 1.32 bits per heavy atom.